The summed E-state index contributed by atoms with van der Waals surface area (Å²) in [5.41, 5.74) is 9.57. The highest BCUT2D eigenvalue weighted by molar-refractivity contribution is 7.80. The maximum atomic E-state index is 5.91. The van der Waals surface area contributed by atoms with E-state index in [-0.39, 0.29) is 12.1 Å². The summed E-state index contributed by atoms with van der Waals surface area (Å²) in [6.07, 6.45) is 1.85. The first-order chi connectivity index (χ1) is 17.4. The molecule has 1 N–H and O–H groups in total. The fourth-order valence-corrected chi connectivity index (χ4v) is 5.57. The van der Waals surface area contributed by atoms with Gasteiger partial charge >= 0.3 is 0 Å². The smallest absolute Gasteiger partial charge is 0.170 e. The third kappa shape index (κ3) is 4.37. The van der Waals surface area contributed by atoms with E-state index in [1.54, 1.807) is 7.11 Å². The molecule has 36 heavy (non-hydrogen) atoms. The van der Waals surface area contributed by atoms with E-state index >= 15 is 0 Å². The number of benzene rings is 2. The monoisotopic (exact) mass is 496 g/mol. The van der Waals surface area contributed by atoms with E-state index in [9.17, 15) is 0 Å². The van der Waals surface area contributed by atoms with E-state index in [0.717, 1.165) is 16.6 Å². The van der Waals surface area contributed by atoms with Gasteiger partial charge in [0.15, 0.2) is 5.11 Å². The first-order valence-corrected chi connectivity index (χ1v) is 12.7. The lowest BCUT2D eigenvalue weighted by Crippen LogP contribution is -2.29. The van der Waals surface area contributed by atoms with Crippen molar-refractivity contribution in [3.63, 3.8) is 0 Å². The molecular formula is C30H32N4OS. The van der Waals surface area contributed by atoms with E-state index in [0.29, 0.717) is 6.54 Å². The third-order valence-corrected chi connectivity index (χ3v) is 7.46. The van der Waals surface area contributed by atoms with Crippen LogP contribution in [0.1, 0.15) is 51.4 Å². The summed E-state index contributed by atoms with van der Waals surface area (Å²) >= 11 is 5.91. The van der Waals surface area contributed by atoms with Crippen LogP contribution >= 0.6 is 12.2 Å². The molecule has 5 nitrogen and oxygen atoms in total. The van der Waals surface area contributed by atoms with Gasteiger partial charge in [-0.1, -0.05) is 30.3 Å². The van der Waals surface area contributed by atoms with Crippen LogP contribution in [0.2, 0.25) is 0 Å². The summed E-state index contributed by atoms with van der Waals surface area (Å²) in [5.74, 6) is 0.848. The number of methoxy groups -OCH3 is 1. The molecule has 5 rings (SSSR count). The molecule has 0 radical (unpaired) electrons. The van der Waals surface area contributed by atoms with Crippen LogP contribution in [-0.4, -0.2) is 26.7 Å². The molecule has 0 unspecified atom stereocenters. The molecular weight excluding hydrogens is 464 g/mol. The molecule has 6 heteroatoms. The normalized spacial score (nSPS) is 17.4. The summed E-state index contributed by atoms with van der Waals surface area (Å²) in [6, 6.07) is 23.2. The van der Waals surface area contributed by atoms with Gasteiger partial charge in [-0.15, -0.1) is 0 Å². The average molecular weight is 497 g/mol. The molecule has 0 amide bonds. The molecule has 1 aliphatic rings. The molecule has 0 bridgehead atoms. The van der Waals surface area contributed by atoms with Crippen molar-refractivity contribution in [1.82, 2.24) is 19.8 Å². The van der Waals surface area contributed by atoms with E-state index in [1.807, 2.05) is 30.5 Å². The number of aromatic nitrogens is 2. The Kier molecular flexibility index (Phi) is 6.54. The number of nitrogens with zero attached hydrogens (tertiary/aromatic N) is 3. The topological polar surface area (TPSA) is 42.3 Å². The number of hydrogen-bond donors (Lipinski definition) is 1. The molecule has 1 fully saturated rings. The van der Waals surface area contributed by atoms with E-state index in [2.05, 4.69) is 84.9 Å². The van der Waals surface area contributed by atoms with Crippen molar-refractivity contribution in [2.45, 2.75) is 46.3 Å². The summed E-state index contributed by atoms with van der Waals surface area (Å²) in [7, 11) is 1.69. The predicted molar refractivity (Wildman–Crippen MR) is 149 cm³/mol. The van der Waals surface area contributed by atoms with Crippen molar-refractivity contribution in [3.05, 3.63) is 112 Å². The number of hydrogen-bond acceptors (Lipinski definition) is 3. The Morgan fingerprint density at radius 3 is 2.44 bits per heavy atom. The minimum atomic E-state index is -0.0514. The quantitative estimate of drug-likeness (QED) is 0.318. The highest BCUT2D eigenvalue weighted by Crippen LogP contribution is 2.42. The molecule has 184 valence electrons. The van der Waals surface area contributed by atoms with Crippen LogP contribution in [0.4, 0.5) is 0 Å². The lowest BCUT2D eigenvalue weighted by Gasteiger charge is -2.28. The van der Waals surface area contributed by atoms with Gasteiger partial charge in [-0.3, -0.25) is 4.98 Å². The van der Waals surface area contributed by atoms with E-state index < -0.39 is 0 Å². The molecule has 0 aliphatic carbocycles. The van der Waals surface area contributed by atoms with Gasteiger partial charge in [0.25, 0.3) is 0 Å². The zero-order valence-corrected chi connectivity index (χ0v) is 22.3. The predicted octanol–water partition coefficient (Wildman–Crippen LogP) is 6.29. The average Bonchev–Trinajstić information content (AvgIpc) is 3.36. The number of aryl methyl sites for hydroxylation is 3. The molecule has 4 aromatic rings. The lowest BCUT2D eigenvalue weighted by molar-refractivity contribution is 0.310. The molecule has 2 atom stereocenters. The second-order valence-corrected chi connectivity index (χ2v) is 9.94. The molecule has 2 aromatic carbocycles. The van der Waals surface area contributed by atoms with Crippen LogP contribution in [0.3, 0.4) is 0 Å². The third-order valence-electron chi connectivity index (χ3n) is 7.10. The summed E-state index contributed by atoms with van der Waals surface area (Å²) in [6.45, 7) is 9.41. The standard InChI is InChI=1S/C30H32N4OS/c1-19-9-10-20(2)27(16-19)34-21(3)17-25(22(34)4)29-28(26-8-6-7-15-31-26)32-30(36)33(29)18-23-11-13-24(35-5)14-12-23/h6-17,28-29H,18H2,1-5H3,(H,32,36)/t28-,29-/m0/s1. The van der Waals surface area contributed by atoms with Crippen LogP contribution in [-0.2, 0) is 6.54 Å². The van der Waals surface area contributed by atoms with E-state index in [1.165, 1.54) is 39.3 Å². The fourth-order valence-electron chi connectivity index (χ4n) is 5.26. The largest absolute Gasteiger partial charge is 0.497 e. The summed E-state index contributed by atoms with van der Waals surface area (Å²) in [5, 5.41) is 4.33. The molecule has 0 spiro atoms. The van der Waals surface area contributed by atoms with Crippen molar-refractivity contribution in [1.29, 1.82) is 0 Å². The SMILES string of the molecule is COc1ccc(CN2C(=S)N[C@@H](c3ccccn3)[C@@H]2c2cc(C)n(-c3cc(C)ccc3C)c2C)cc1. The molecule has 0 saturated carbocycles. The molecule has 1 saturated heterocycles. The van der Waals surface area contributed by atoms with Gasteiger partial charge in [0.1, 0.15) is 5.75 Å². The number of pyridine rings is 1. The zero-order valence-electron chi connectivity index (χ0n) is 21.4. The van der Waals surface area contributed by atoms with Gasteiger partial charge < -0.3 is 19.5 Å². The fraction of sp³-hybridized carbons (Fsp3) is 0.267. The highest BCUT2D eigenvalue weighted by atomic mass is 32.1. The van der Waals surface area contributed by atoms with Crippen LogP contribution in [0.25, 0.3) is 5.69 Å². The molecule has 3 heterocycles. The van der Waals surface area contributed by atoms with E-state index in [4.69, 9.17) is 21.9 Å². The van der Waals surface area contributed by atoms with Gasteiger partial charge in [-0.05, 0) is 98.6 Å². The summed E-state index contributed by atoms with van der Waals surface area (Å²) in [4.78, 5) is 7.00. The number of nitrogens with one attached hydrogen (secondary N) is 1. The first-order valence-electron chi connectivity index (χ1n) is 12.2. The van der Waals surface area contributed by atoms with Gasteiger partial charge in [0.2, 0.25) is 0 Å². The summed E-state index contributed by atoms with van der Waals surface area (Å²) < 4.78 is 7.73. The zero-order chi connectivity index (χ0) is 25.4. The number of rotatable bonds is 6. The van der Waals surface area contributed by atoms with Crippen molar-refractivity contribution >= 4 is 17.3 Å². The Labute approximate surface area is 218 Å². The first kappa shape index (κ1) is 24.1. The second kappa shape index (κ2) is 9.78. The van der Waals surface area contributed by atoms with Gasteiger partial charge in [-0.2, -0.15) is 0 Å². The second-order valence-electron chi connectivity index (χ2n) is 9.55. The minimum absolute atomic E-state index is 0.000401. The van der Waals surface area contributed by atoms with Gasteiger partial charge in [0, 0.05) is 29.8 Å². The number of ether oxygens (including phenoxy) is 1. The Hall–Kier alpha value is -3.64. The maximum Gasteiger partial charge on any atom is 0.170 e. The van der Waals surface area contributed by atoms with Gasteiger partial charge in [0.05, 0.1) is 24.9 Å². The Bertz CT molecular complexity index is 1390. The Balaban J connectivity index is 1.61. The maximum absolute atomic E-state index is 5.91. The Morgan fingerprint density at radius 1 is 0.972 bits per heavy atom. The highest BCUT2D eigenvalue weighted by Gasteiger charge is 2.41. The van der Waals surface area contributed by atoms with Crippen molar-refractivity contribution in [3.8, 4) is 11.4 Å². The van der Waals surface area contributed by atoms with Crippen LogP contribution in [0.5, 0.6) is 5.75 Å². The van der Waals surface area contributed by atoms with Crippen molar-refractivity contribution in [2.24, 2.45) is 0 Å². The van der Waals surface area contributed by atoms with Crippen molar-refractivity contribution in [2.75, 3.05) is 7.11 Å². The van der Waals surface area contributed by atoms with Crippen LogP contribution in [0, 0.1) is 27.7 Å². The molecule has 1 aliphatic heterocycles. The molecule has 2 aromatic heterocycles. The van der Waals surface area contributed by atoms with Crippen molar-refractivity contribution < 1.29 is 4.74 Å². The Morgan fingerprint density at radius 2 is 1.75 bits per heavy atom. The number of thiocarbonyl (C=S) groups is 1. The minimum Gasteiger partial charge on any atom is -0.497 e. The van der Waals surface area contributed by atoms with Crippen LogP contribution in [0.15, 0.2) is 72.9 Å². The lowest BCUT2D eigenvalue weighted by atomic mass is 9.96. The van der Waals surface area contributed by atoms with Crippen LogP contribution < -0.4 is 10.1 Å². The van der Waals surface area contributed by atoms with Gasteiger partial charge in [-0.25, -0.2) is 0 Å².